The number of ketones is 1. The van der Waals surface area contributed by atoms with E-state index in [1.807, 2.05) is 48.5 Å². The number of carbonyl (C=O) groups excluding carboxylic acids is 2. The molecule has 0 heterocycles. The predicted octanol–water partition coefficient (Wildman–Crippen LogP) is 2.62. The van der Waals surface area contributed by atoms with Crippen LogP contribution in [0.4, 0.5) is 0 Å². The Labute approximate surface area is 118 Å². The fourth-order valence-electron chi connectivity index (χ4n) is 1.90. The summed E-state index contributed by atoms with van der Waals surface area (Å²) in [6.07, 6.45) is 1.08. The molecule has 1 N–H and O–H groups in total. The molecule has 1 amide bonds. The van der Waals surface area contributed by atoms with Gasteiger partial charge in [-0.1, -0.05) is 60.7 Å². The van der Waals surface area contributed by atoms with Crippen LogP contribution >= 0.6 is 0 Å². The van der Waals surface area contributed by atoms with Gasteiger partial charge in [-0.05, 0) is 12.0 Å². The third kappa shape index (κ3) is 4.35. The normalized spacial score (nSPS) is 10.0. The first-order chi connectivity index (χ1) is 9.75. The first-order valence-corrected chi connectivity index (χ1v) is 6.64. The summed E-state index contributed by atoms with van der Waals surface area (Å²) in [5.74, 6) is -0.170. The molecule has 0 radical (unpaired) electrons. The molecule has 0 aromatic heterocycles. The Hall–Kier alpha value is -2.42. The van der Waals surface area contributed by atoms with Gasteiger partial charge in [-0.3, -0.25) is 9.59 Å². The molecule has 2 aromatic rings. The number of Topliss-reactive ketones (excluding diaryl/α,β-unsaturated/α-hetero) is 1. The summed E-state index contributed by atoms with van der Waals surface area (Å²) in [4.78, 5) is 23.5. The number of hydrogen-bond acceptors (Lipinski definition) is 2. The molecule has 0 bridgehead atoms. The molecular weight excluding hydrogens is 250 g/mol. The highest BCUT2D eigenvalue weighted by molar-refractivity contribution is 5.99. The standard InChI is InChI=1S/C17H17NO2/c19-16(15-9-5-2-6-10-15)13-18-17(20)12-11-14-7-3-1-4-8-14/h1-10H,11-13H2,(H,18,20). The van der Waals surface area contributed by atoms with E-state index in [0.717, 1.165) is 5.56 Å². The zero-order valence-electron chi connectivity index (χ0n) is 11.2. The van der Waals surface area contributed by atoms with Gasteiger partial charge in [-0.2, -0.15) is 0 Å². The topological polar surface area (TPSA) is 46.2 Å². The Kier molecular flexibility index (Phi) is 5.07. The van der Waals surface area contributed by atoms with Crippen molar-refractivity contribution in [2.24, 2.45) is 0 Å². The van der Waals surface area contributed by atoms with E-state index in [9.17, 15) is 9.59 Å². The summed E-state index contributed by atoms with van der Waals surface area (Å²) in [6.45, 7) is 0.0532. The predicted molar refractivity (Wildman–Crippen MR) is 78.5 cm³/mol. The summed E-state index contributed by atoms with van der Waals surface area (Å²) < 4.78 is 0. The summed E-state index contributed by atoms with van der Waals surface area (Å²) >= 11 is 0. The average Bonchev–Trinajstić information content (AvgIpc) is 2.52. The summed E-state index contributed by atoms with van der Waals surface area (Å²) in [5.41, 5.74) is 1.74. The minimum atomic E-state index is -0.0989. The maximum Gasteiger partial charge on any atom is 0.220 e. The highest BCUT2D eigenvalue weighted by atomic mass is 16.2. The third-order valence-electron chi connectivity index (χ3n) is 3.03. The quantitative estimate of drug-likeness (QED) is 0.818. The molecule has 3 nitrogen and oxygen atoms in total. The van der Waals surface area contributed by atoms with E-state index < -0.39 is 0 Å². The van der Waals surface area contributed by atoms with Crippen molar-refractivity contribution in [3.63, 3.8) is 0 Å². The van der Waals surface area contributed by atoms with Crippen LogP contribution in [0.5, 0.6) is 0 Å². The van der Waals surface area contributed by atoms with Crippen molar-refractivity contribution in [3.8, 4) is 0 Å². The monoisotopic (exact) mass is 267 g/mol. The average molecular weight is 267 g/mol. The maximum atomic E-state index is 11.8. The van der Waals surface area contributed by atoms with Crippen LogP contribution in [0, 0.1) is 0 Å². The van der Waals surface area contributed by atoms with Crippen molar-refractivity contribution < 1.29 is 9.59 Å². The van der Waals surface area contributed by atoms with E-state index >= 15 is 0 Å². The zero-order chi connectivity index (χ0) is 14.2. The van der Waals surface area contributed by atoms with Gasteiger partial charge < -0.3 is 5.32 Å². The molecule has 102 valence electrons. The second kappa shape index (κ2) is 7.24. The van der Waals surface area contributed by atoms with Gasteiger partial charge >= 0.3 is 0 Å². The molecule has 2 aromatic carbocycles. The lowest BCUT2D eigenvalue weighted by atomic mass is 10.1. The lowest BCUT2D eigenvalue weighted by molar-refractivity contribution is -0.120. The lowest BCUT2D eigenvalue weighted by Crippen LogP contribution is -2.29. The van der Waals surface area contributed by atoms with Crippen molar-refractivity contribution in [2.75, 3.05) is 6.54 Å². The summed E-state index contributed by atoms with van der Waals surface area (Å²) in [7, 11) is 0. The fourth-order valence-corrected chi connectivity index (χ4v) is 1.90. The van der Waals surface area contributed by atoms with Crippen LogP contribution in [-0.2, 0) is 11.2 Å². The Morgan fingerprint density at radius 2 is 1.45 bits per heavy atom. The van der Waals surface area contributed by atoms with Gasteiger partial charge in [0.05, 0.1) is 6.54 Å². The number of aryl methyl sites for hydroxylation is 1. The zero-order valence-corrected chi connectivity index (χ0v) is 11.2. The Balaban J connectivity index is 1.74. The number of amides is 1. The molecule has 0 atom stereocenters. The second-order valence-electron chi connectivity index (χ2n) is 4.55. The summed E-state index contributed by atoms with van der Waals surface area (Å²) in [5, 5.41) is 2.66. The van der Waals surface area contributed by atoms with E-state index in [4.69, 9.17) is 0 Å². The number of rotatable bonds is 6. The number of hydrogen-bond donors (Lipinski definition) is 1. The van der Waals surface area contributed by atoms with Crippen LogP contribution in [-0.4, -0.2) is 18.2 Å². The van der Waals surface area contributed by atoms with E-state index in [2.05, 4.69) is 5.32 Å². The van der Waals surface area contributed by atoms with Crippen LogP contribution in [0.3, 0.4) is 0 Å². The van der Waals surface area contributed by atoms with Crippen LogP contribution in [0.15, 0.2) is 60.7 Å². The maximum absolute atomic E-state index is 11.8. The number of nitrogens with one attached hydrogen (secondary N) is 1. The molecule has 20 heavy (non-hydrogen) atoms. The van der Waals surface area contributed by atoms with Gasteiger partial charge in [-0.25, -0.2) is 0 Å². The molecular formula is C17H17NO2. The third-order valence-corrected chi connectivity index (χ3v) is 3.03. The Morgan fingerprint density at radius 1 is 0.850 bits per heavy atom. The van der Waals surface area contributed by atoms with E-state index in [1.165, 1.54) is 0 Å². The molecule has 2 rings (SSSR count). The number of benzene rings is 2. The van der Waals surface area contributed by atoms with Gasteiger partial charge in [0.25, 0.3) is 0 Å². The van der Waals surface area contributed by atoms with Crippen molar-refractivity contribution in [3.05, 3.63) is 71.8 Å². The SMILES string of the molecule is O=C(CCc1ccccc1)NCC(=O)c1ccccc1. The van der Waals surface area contributed by atoms with Crippen molar-refractivity contribution in [2.45, 2.75) is 12.8 Å². The van der Waals surface area contributed by atoms with Crippen LogP contribution in [0.1, 0.15) is 22.3 Å². The smallest absolute Gasteiger partial charge is 0.220 e. The molecule has 3 heteroatoms. The van der Waals surface area contributed by atoms with Gasteiger partial charge in [-0.15, -0.1) is 0 Å². The molecule has 0 aliphatic rings. The second-order valence-corrected chi connectivity index (χ2v) is 4.55. The molecule has 0 unspecified atom stereocenters. The molecule has 0 aliphatic carbocycles. The molecule has 0 saturated carbocycles. The van der Waals surface area contributed by atoms with Crippen LogP contribution in [0.2, 0.25) is 0 Å². The van der Waals surface area contributed by atoms with Gasteiger partial charge in [0, 0.05) is 12.0 Å². The number of carbonyl (C=O) groups is 2. The molecule has 0 spiro atoms. The van der Waals surface area contributed by atoms with Crippen molar-refractivity contribution >= 4 is 11.7 Å². The van der Waals surface area contributed by atoms with Gasteiger partial charge in [0.15, 0.2) is 5.78 Å². The van der Waals surface area contributed by atoms with E-state index in [1.54, 1.807) is 12.1 Å². The first kappa shape index (κ1) is 14.0. The minimum Gasteiger partial charge on any atom is -0.349 e. The van der Waals surface area contributed by atoms with E-state index in [-0.39, 0.29) is 18.2 Å². The summed E-state index contributed by atoms with van der Waals surface area (Å²) in [6, 6.07) is 18.8. The molecule has 0 saturated heterocycles. The van der Waals surface area contributed by atoms with Gasteiger partial charge in [0.1, 0.15) is 0 Å². The Morgan fingerprint density at radius 3 is 2.10 bits per heavy atom. The largest absolute Gasteiger partial charge is 0.349 e. The highest BCUT2D eigenvalue weighted by Gasteiger charge is 2.07. The Bertz CT molecular complexity index is 564. The van der Waals surface area contributed by atoms with E-state index in [0.29, 0.717) is 18.4 Å². The minimum absolute atomic E-state index is 0.0532. The van der Waals surface area contributed by atoms with Crippen LogP contribution in [0.25, 0.3) is 0 Å². The lowest BCUT2D eigenvalue weighted by Gasteiger charge is -2.05. The fraction of sp³-hybridized carbons (Fsp3) is 0.176. The van der Waals surface area contributed by atoms with Gasteiger partial charge in [0.2, 0.25) is 5.91 Å². The first-order valence-electron chi connectivity index (χ1n) is 6.64. The molecule has 0 aliphatic heterocycles. The van der Waals surface area contributed by atoms with Crippen molar-refractivity contribution in [1.29, 1.82) is 0 Å². The highest BCUT2D eigenvalue weighted by Crippen LogP contribution is 2.02. The van der Waals surface area contributed by atoms with Crippen LogP contribution < -0.4 is 5.32 Å². The molecule has 0 fully saturated rings. The van der Waals surface area contributed by atoms with Crippen molar-refractivity contribution in [1.82, 2.24) is 5.32 Å².